The molecule has 0 bridgehead atoms. The zero-order valence-corrected chi connectivity index (χ0v) is 12.8. The smallest absolute Gasteiger partial charge is 0.417 e. The van der Waals surface area contributed by atoms with Gasteiger partial charge >= 0.3 is 6.18 Å². The summed E-state index contributed by atoms with van der Waals surface area (Å²) in [4.78, 5) is 17.4. The van der Waals surface area contributed by atoms with E-state index in [1.165, 1.54) is 6.07 Å². The number of likely N-dealkylation sites (tertiary alicyclic amines) is 1. The quantitative estimate of drug-likeness (QED) is 0.898. The van der Waals surface area contributed by atoms with Crippen LogP contribution < -0.4 is 10.5 Å². The molecular weight excluding hydrogens is 311 g/mol. The van der Waals surface area contributed by atoms with Crippen LogP contribution >= 0.6 is 0 Å². The Bertz CT molecular complexity index is 534. The minimum atomic E-state index is -4.42. The average Bonchev–Trinajstić information content (AvgIpc) is 2.95. The van der Waals surface area contributed by atoms with Gasteiger partial charge in [-0.15, -0.1) is 0 Å². The molecule has 0 radical (unpaired) electrons. The number of halogens is 3. The predicted octanol–water partition coefficient (Wildman–Crippen LogP) is 2.21. The highest BCUT2D eigenvalue weighted by Gasteiger charge is 2.32. The molecule has 2 atom stereocenters. The molecule has 2 N–H and O–H groups in total. The molecule has 1 aliphatic heterocycles. The Kier molecular flexibility index (Phi) is 5.46. The standard InChI is InChI=1S/C15H20F3N3O2/c1-2-3-12(19)14(22)21-7-6-11(9-21)23-13-5-4-10(8-20-13)15(16,17)18/h4-5,8,11-12H,2-3,6-7,9,19H2,1H3/t11-,12+/m1/s1. The monoisotopic (exact) mass is 331 g/mol. The third-order valence-corrected chi connectivity index (χ3v) is 3.72. The van der Waals surface area contributed by atoms with Crippen LogP contribution in [0.4, 0.5) is 13.2 Å². The highest BCUT2D eigenvalue weighted by atomic mass is 19.4. The molecule has 23 heavy (non-hydrogen) atoms. The molecule has 1 aliphatic rings. The SMILES string of the molecule is CCC[C@H](N)C(=O)N1CC[C@@H](Oc2ccc(C(F)(F)F)cn2)C1. The minimum absolute atomic E-state index is 0.113. The fourth-order valence-corrected chi connectivity index (χ4v) is 2.48. The second kappa shape index (κ2) is 7.16. The Morgan fingerprint density at radius 2 is 2.26 bits per heavy atom. The van der Waals surface area contributed by atoms with Gasteiger partial charge in [0.15, 0.2) is 0 Å². The Morgan fingerprint density at radius 1 is 1.52 bits per heavy atom. The Morgan fingerprint density at radius 3 is 2.83 bits per heavy atom. The van der Waals surface area contributed by atoms with Gasteiger partial charge < -0.3 is 15.4 Å². The van der Waals surface area contributed by atoms with Crippen LogP contribution in [0.3, 0.4) is 0 Å². The van der Waals surface area contributed by atoms with Gasteiger partial charge in [-0.3, -0.25) is 4.79 Å². The molecule has 0 saturated carbocycles. The molecule has 1 amide bonds. The van der Waals surface area contributed by atoms with Crippen LogP contribution in [0.1, 0.15) is 31.7 Å². The van der Waals surface area contributed by atoms with Crippen molar-refractivity contribution >= 4 is 5.91 Å². The number of carbonyl (C=O) groups is 1. The number of pyridine rings is 1. The van der Waals surface area contributed by atoms with Crippen molar-refractivity contribution in [1.29, 1.82) is 0 Å². The normalized spacial score (nSPS) is 19.7. The maximum Gasteiger partial charge on any atom is 0.417 e. The number of hydrogen-bond donors (Lipinski definition) is 1. The lowest BCUT2D eigenvalue weighted by atomic mass is 10.1. The maximum absolute atomic E-state index is 12.5. The fraction of sp³-hybridized carbons (Fsp3) is 0.600. The second-order valence-corrected chi connectivity index (χ2v) is 5.59. The van der Waals surface area contributed by atoms with Crippen molar-refractivity contribution in [3.8, 4) is 5.88 Å². The third kappa shape index (κ3) is 4.57. The molecule has 8 heteroatoms. The van der Waals surface area contributed by atoms with Crippen molar-refractivity contribution in [3.05, 3.63) is 23.9 Å². The minimum Gasteiger partial charge on any atom is -0.472 e. The summed E-state index contributed by atoms with van der Waals surface area (Å²) in [5, 5.41) is 0. The van der Waals surface area contributed by atoms with Gasteiger partial charge in [-0.05, 0) is 12.5 Å². The number of aromatic nitrogens is 1. The lowest BCUT2D eigenvalue weighted by molar-refractivity contribution is -0.138. The highest BCUT2D eigenvalue weighted by molar-refractivity contribution is 5.81. The first-order chi connectivity index (χ1) is 10.8. The van der Waals surface area contributed by atoms with Gasteiger partial charge in [-0.1, -0.05) is 13.3 Å². The van der Waals surface area contributed by atoms with Crippen molar-refractivity contribution in [2.24, 2.45) is 5.73 Å². The average molecular weight is 331 g/mol. The number of carbonyl (C=O) groups excluding carboxylic acids is 1. The topological polar surface area (TPSA) is 68.5 Å². The van der Waals surface area contributed by atoms with Crippen LogP contribution in [0.5, 0.6) is 5.88 Å². The van der Waals surface area contributed by atoms with Crippen molar-refractivity contribution in [2.45, 2.75) is 44.5 Å². The Hall–Kier alpha value is -1.83. The van der Waals surface area contributed by atoms with Gasteiger partial charge in [0, 0.05) is 25.2 Å². The molecule has 0 aromatic carbocycles. The Balaban J connectivity index is 1.89. The zero-order chi connectivity index (χ0) is 17.0. The number of ether oxygens (including phenoxy) is 1. The van der Waals surface area contributed by atoms with Crippen LogP contribution in [-0.4, -0.2) is 41.0 Å². The van der Waals surface area contributed by atoms with Crippen molar-refractivity contribution < 1.29 is 22.7 Å². The number of hydrogen-bond acceptors (Lipinski definition) is 4. The van der Waals surface area contributed by atoms with E-state index < -0.39 is 17.8 Å². The molecule has 2 heterocycles. The molecule has 5 nitrogen and oxygen atoms in total. The van der Waals surface area contributed by atoms with Gasteiger partial charge in [-0.2, -0.15) is 13.2 Å². The van der Waals surface area contributed by atoms with Gasteiger partial charge in [0.05, 0.1) is 18.2 Å². The van der Waals surface area contributed by atoms with E-state index in [-0.39, 0.29) is 17.9 Å². The van der Waals surface area contributed by atoms with E-state index in [1.807, 2.05) is 6.92 Å². The van der Waals surface area contributed by atoms with Crippen LogP contribution in [0.15, 0.2) is 18.3 Å². The summed E-state index contributed by atoms with van der Waals surface area (Å²) >= 11 is 0. The van der Waals surface area contributed by atoms with Crippen LogP contribution in [-0.2, 0) is 11.0 Å². The molecule has 1 aromatic rings. The van der Waals surface area contributed by atoms with E-state index in [9.17, 15) is 18.0 Å². The van der Waals surface area contributed by atoms with Gasteiger partial charge in [0.25, 0.3) is 0 Å². The van der Waals surface area contributed by atoms with E-state index in [2.05, 4.69) is 4.98 Å². The molecule has 0 spiro atoms. The number of alkyl halides is 3. The van der Waals surface area contributed by atoms with E-state index in [0.717, 1.165) is 18.7 Å². The third-order valence-electron chi connectivity index (χ3n) is 3.72. The summed E-state index contributed by atoms with van der Waals surface area (Å²) in [7, 11) is 0. The summed E-state index contributed by atoms with van der Waals surface area (Å²) in [5.74, 6) is 0.00786. The molecule has 1 fully saturated rings. The predicted molar refractivity (Wildman–Crippen MR) is 77.7 cm³/mol. The molecular formula is C15H20F3N3O2. The number of nitrogens with zero attached hydrogens (tertiary/aromatic N) is 2. The van der Waals surface area contributed by atoms with E-state index in [0.29, 0.717) is 25.9 Å². The molecule has 2 rings (SSSR count). The van der Waals surface area contributed by atoms with E-state index >= 15 is 0 Å². The van der Waals surface area contributed by atoms with Gasteiger partial charge in [0.1, 0.15) is 6.10 Å². The van der Waals surface area contributed by atoms with Gasteiger partial charge in [0.2, 0.25) is 11.8 Å². The van der Waals surface area contributed by atoms with Crippen molar-refractivity contribution in [1.82, 2.24) is 9.88 Å². The number of amides is 1. The first-order valence-corrected chi connectivity index (χ1v) is 7.55. The number of nitrogens with two attached hydrogens (primary N) is 1. The second-order valence-electron chi connectivity index (χ2n) is 5.59. The molecule has 128 valence electrons. The number of rotatable bonds is 5. The van der Waals surface area contributed by atoms with Crippen LogP contribution in [0, 0.1) is 0 Å². The largest absolute Gasteiger partial charge is 0.472 e. The first-order valence-electron chi connectivity index (χ1n) is 7.55. The molecule has 0 aliphatic carbocycles. The van der Waals surface area contributed by atoms with Crippen LogP contribution in [0.25, 0.3) is 0 Å². The maximum atomic E-state index is 12.5. The first kappa shape index (κ1) is 17.5. The lowest BCUT2D eigenvalue weighted by Crippen LogP contribution is -2.43. The summed E-state index contributed by atoms with van der Waals surface area (Å²) in [6.07, 6.45) is -1.90. The van der Waals surface area contributed by atoms with Crippen LogP contribution in [0.2, 0.25) is 0 Å². The summed E-state index contributed by atoms with van der Waals surface area (Å²) in [6, 6.07) is 1.61. The van der Waals surface area contributed by atoms with E-state index in [4.69, 9.17) is 10.5 Å². The molecule has 0 unspecified atom stereocenters. The lowest BCUT2D eigenvalue weighted by Gasteiger charge is -2.20. The molecule has 1 saturated heterocycles. The summed E-state index contributed by atoms with van der Waals surface area (Å²) in [6.45, 7) is 2.86. The summed E-state index contributed by atoms with van der Waals surface area (Å²) < 4.78 is 42.9. The van der Waals surface area contributed by atoms with Gasteiger partial charge in [-0.25, -0.2) is 4.98 Å². The van der Waals surface area contributed by atoms with E-state index in [1.54, 1.807) is 4.90 Å². The Labute approximate surface area is 132 Å². The fourth-order valence-electron chi connectivity index (χ4n) is 2.48. The molecule has 1 aromatic heterocycles. The summed E-state index contributed by atoms with van der Waals surface area (Å²) in [5.41, 5.74) is 4.99. The van der Waals surface area contributed by atoms with Crippen molar-refractivity contribution in [2.75, 3.05) is 13.1 Å². The zero-order valence-electron chi connectivity index (χ0n) is 12.8. The van der Waals surface area contributed by atoms with Crippen molar-refractivity contribution in [3.63, 3.8) is 0 Å². The highest BCUT2D eigenvalue weighted by Crippen LogP contribution is 2.29.